The van der Waals surface area contributed by atoms with Gasteiger partial charge < -0.3 is 15.7 Å². The number of halogens is 2. The van der Waals surface area contributed by atoms with Gasteiger partial charge in [-0.15, -0.1) is 0 Å². The number of hydrogen-bond donors (Lipinski definition) is 3. The number of likely N-dealkylation sites (N-methyl/N-ethyl adjacent to an activating group) is 1. The summed E-state index contributed by atoms with van der Waals surface area (Å²) in [6.45, 7) is 3.96. The van der Waals surface area contributed by atoms with Gasteiger partial charge in [0.2, 0.25) is 0 Å². The van der Waals surface area contributed by atoms with Gasteiger partial charge in [-0.3, -0.25) is 14.7 Å². The summed E-state index contributed by atoms with van der Waals surface area (Å²) in [7, 11) is 0. The smallest absolute Gasteiger partial charge is 0.317 e. The molecule has 7 nitrogen and oxygen atoms in total. The molecule has 1 aromatic heterocycles. The van der Waals surface area contributed by atoms with Crippen molar-refractivity contribution in [3.8, 4) is 0 Å². The predicted octanol–water partition coefficient (Wildman–Crippen LogP) is 1.66. The molecule has 1 saturated carbocycles. The summed E-state index contributed by atoms with van der Waals surface area (Å²) in [5.41, 5.74) is -0.241. The van der Waals surface area contributed by atoms with E-state index in [1.54, 1.807) is 0 Å². The molecule has 3 N–H and O–H groups in total. The minimum Gasteiger partial charge on any atom is -0.480 e. The lowest BCUT2D eigenvalue weighted by atomic mass is 9.85. The maximum Gasteiger partial charge on any atom is 0.317 e. The van der Waals surface area contributed by atoms with Crippen LogP contribution in [0.15, 0.2) is 12.4 Å². The van der Waals surface area contributed by atoms with E-state index in [-0.39, 0.29) is 24.2 Å². The molecule has 0 bridgehead atoms. The molecule has 25 heavy (non-hydrogen) atoms. The third kappa shape index (κ3) is 4.85. The van der Waals surface area contributed by atoms with Gasteiger partial charge >= 0.3 is 12.0 Å². The van der Waals surface area contributed by atoms with Gasteiger partial charge in [0.25, 0.3) is 0 Å². The largest absolute Gasteiger partial charge is 0.480 e. The van der Waals surface area contributed by atoms with Gasteiger partial charge in [-0.05, 0) is 26.3 Å². The first-order valence-electron chi connectivity index (χ1n) is 8.13. The zero-order valence-corrected chi connectivity index (χ0v) is 14.1. The summed E-state index contributed by atoms with van der Waals surface area (Å²) in [6.07, 6.45) is 3.07. The van der Waals surface area contributed by atoms with Gasteiger partial charge in [0.05, 0.1) is 25.0 Å². The molecule has 9 heteroatoms. The molecule has 1 unspecified atom stereocenters. The van der Waals surface area contributed by atoms with E-state index in [4.69, 9.17) is 5.11 Å². The van der Waals surface area contributed by atoms with Crippen LogP contribution in [0.1, 0.15) is 38.3 Å². The van der Waals surface area contributed by atoms with E-state index >= 15 is 0 Å². The molecule has 138 valence electrons. The lowest BCUT2D eigenvalue weighted by Crippen LogP contribution is -2.56. The number of aromatic nitrogens is 1. The summed E-state index contributed by atoms with van der Waals surface area (Å²) in [6, 6.07) is -1.35. The first-order valence-corrected chi connectivity index (χ1v) is 8.13. The summed E-state index contributed by atoms with van der Waals surface area (Å²) >= 11 is 0. The first-order chi connectivity index (χ1) is 11.8. The molecule has 2 amide bonds. The number of carboxylic acids is 1. The fraction of sp³-hybridized carbons (Fsp3) is 0.562. The number of aliphatic carboxylic acids is 1. The fourth-order valence-electron chi connectivity index (χ4n) is 3.01. The highest BCUT2D eigenvalue weighted by Gasteiger charge is 2.34. The lowest BCUT2D eigenvalue weighted by molar-refractivity contribution is -0.139. The Morgan fingerprint density at radius 3 is 2.48 bits per heavy atom. The Kier molecular flexibility index (Phi) is 6.24. The molecule has 0 aromatic carbocycles. The topological polar surface area (TPSA) is 94.6 Å². The number of amides is 2. The van der Waals surface area contributed by atoms with Crippen LogP contribution in [0.4, 0.5) is 13.6 Å². The minimum atomic E-state index is -0.883. The maximum atomic E-state index is 13.6. The highest BCUT2D eigenvalue weighted by molar-refractivity contribution is 5.75. The minimum absolute atomic E-state index is 0.0300. The zero-order valence-electron chi connectivity index (χ0n) is 14.1. The molecule has 1 aromatic rings. The number of carbonyl (C=O) groups is 2. The monoisotopic (exact) mass is 356 g/mol. The predicted molar refractivity (Wildman–Crippen MR) is 85.9 cm³/mol. The quantitative estimate of drug-likeness (QED) is 0.691. The number of nitrogens with one attached hydrogen (secondary N) is 2. The Bertz CT molecular complexity index is 618. The maximum absolute atomic E-state index is 13.6. The Labute approximate surface area is 144 Å². The van der Waals surface area contributed by atoms with Crippen molar-refractivity contribution in [2.75, 3.05) is 13.1 Å². The van der Waals surface area contributed by atoms with Crippen LogP contribution in [-0.2, 0) is 4.79 Å². The Balaban J connectivity index is 1.81. The second kappa shape index (κ2) is 8.19. The van der Waals surface area contributed by atoms with Crippen LogP contribution >= 0.6 is 0 Å². The van der Waals surface area contributed by atoms with Crippen molar-refractivity contribution < 1.29 is 23.5 Å². The van der Waals surface area contributed by atoms with E-state index in [1.165, 1.54) is 6.92 Å². The van der Waals surface area contributed by atoms with Crippen LogP contribution in [0, 0.1) is 11.6 Å². The Morgan fingerprint density at radius 1 is 1.36 bits per heavy atom. The standard InChI is InChI=1S/C16H22F2N4O3/c1-3-22(8-14(23)24)11-4-10(5-11)21-16(25)20-9(2)15-12(17)6-19-7-13(15)18/h6-7,9-11H,3-5,8H2,1-2H3,(H,23,24)(H2,20,21,25). The zero-order chi connectivity index (χ0) is 18.6. The molecule has 1 fully saturated rings. The van der Waals surface area contributed by atoms with Crippen LogP contribution in [0.5, 0.6) is 0 Å². The van der Waals surface area contributed by atoms with Gasteiger partial charge in [0.1, 0.15) is 11.6 Å². The van der Waals surface area contributed by atoms with Crippen LogP contribution in [0.3, 0.4) is 0 Å². The molecule has 0 aliphatic heterocycles. The Hall–Kier alpha value is -2.29. The van der Waals surface area contributed by atoms with Gasteiger partial charge in [-0.1, -0.05) is 6.92 Å². The van der Waals surface area contributed by atoms with Crippen LogP contribution in [0.25, 0.3) is 0 Å². The summed E-state index contributed by atoms with van der Waals surface area (Å²) in [4.78, 5) is 28.0. The molecule has 0 spiro atoms. The number of nitrogens with zero attached hydrogens (tertiary/aromatic N) is 2. The molecule has 0 saturated heterocycles. The molecule has 1 aliphatic rings. The van der Waals surface area contributed by atoms with Crippen LogP contribution in [-0.4, -0.2) is 52.2 Å². The third-order valence-corrected chi connectivity index (χ3v) is 4.38. The number of urea groups is 1. The summed E-state index contributed by atoms with van der Waals surface area (Å²) in [5, 5.41) is 14.1. The summed E-state index contributed by atoms with van der Waals surface area (Å²) < 4.78 is 27.3. The molecular weight excluding hydrogens is 334 g/mol. The highest BCUT2D eigenvalue weighted by atomic mass is 19.1. The number of carbonyl (C=O) groups excluding carboxylic acids is 1. The van der Waals surface area contributed by atoms with Gasteiger partial charge in [-0.25, -0.2) is 13.6 Å². The Morgan fingerprint density at radius 2 is 1.96 bits per heavy atom. The fourth-order valence-corrected chi connectivity index (χ4v) is 3.01. The van der Waals surface area contributed by atoms with E-state index in [9.17, 15) is 18.4 Å². The van der Waals surface area contributed by atoms with Crippen LogP contribution < -0.4 is 10.6 Å². The highest BCUT2D eigenvalue weighted by Crippen LogP contribution is 2.26. The SMILES string of the molecule is CCN(CC(=O)O)C1CC(NC(=O)NC(C)c2c(F)cncc2F)C1. The van der Waals surface area contributed by atoms with E-state index in [2.05, 4.69) is 15.6 Å². The van der Waals surface area contributed by atoms with Crippen LogP contribution in [0.2, 0.25) is 0 Å². The molecule has 1 atom stereocenters. The van der Waals surface area contributed by atoms with Gasteiger partial charge in [0.15, 0.2) is 0 Å². The van der Waals surface area contributed by atoms with E-state index in [0.29, 0.717) is 19.4 Å². The number of pyridine rings is 1. The van der Waals surface area contributed by atoms with Crippen molar-refractivity contribution in [2.45, 2.75) is 44.8 Å². The van der Waals surface area contributed by atoms with E-state index in [0.717, 1.165) is 12.4 Å². The average molecular weight is 356 g/mol. The van der Waals surface area contributed by atoms with Crippen molar-refractivity contribution in [3.63, 3.8) is 0 Å². The van der Waals surface area contributed by atoms with Crippen molar-refractivity contribution in [1.82, 2.24) is 20.5 Å². The number of rotatable bonds is 7. The van der Waals surface area contributed by atoms with Crippen molar-refractivity contribution in [3.05, 3.63) is 29.6 Å². The lowest BCUT2D eigenvalue weighted by Gasteiger charge is -2.42. The molecule has 1 heterocycles. The molecule has 2 rings (SSSR count). The van der Waals surface area contributed by atoms with Crippen molar-refractivity contribution in [2.24, 2.45) is 0 Å². The summed E-state index contributed by atoms with van der Waals surface area (Å²) in [5.74, 6) is -2.52. The van der Waals surface area contributed by atoms with E-state index in [1.807, 2.05) is 11.8 Å². The van der Waals surface area contributed by atoms with E-state index < -0.39 is 29.7 Å². The van der Waals surface area contributed by atoms with Gasteiger partial charge in [0, 0.05) is 17.6 Å². The normalized spacial score (nSPS) is 20.7. The molecular formula is C16H22F2N4O3. The third-order valence-electron chi connectivity index (χ3n) is 4.38. The number of hydrogen-bond acceptors (Lipinski definition) is 4. The first kappa shape index (κ1) is 19.0. The average Bonchev–Trinajstić information content (AvgIpc) is 2.48. The number of carboxylic acid groups (broad SMARTS) is 1. The second-order valence-corrected chi connectivity index (χ2v) is 6.14. The molecule has 0 radical (unpaired) electrons. The second-order valence-electron chi connectivity index (χ2n) is 6.14. The molecule has 1 aliphatic carbocycles. The van der Waals surface area contributed by atoms with Gasteiger partial charge in [-0.2, -0.15) is 0 Å². The van der Waals surface area contributed by atoms with Crippen molar-refractivity contribution in [1.29, 1.82) is 0 Å². The van der Waals surface area contributed by atoms with Crippen molar-refractivity contribution >= 4 is 12.0 Å².